The molecular formula is C25H32N4. The van der Waals surface area contributed by atoms with Crippen molar-refractivity contribution in [3.05, 3.63) is 45.8 Å². The van der Waals surface area contributed by atoms with E-state index in [4.69, 9.17) is 10.1 Å². The van der Waals surface area contributed by atoms with Crippen molar-refractivity contribution in [2.24, 2.45) is 0 Å². The summed E-state index contributed by atoms with van der Waals surface area (Å²) in [6, 6.07) is 5.21. The van der Waals surface area contributed by atoms with Gasteiger partial charge in [0.05, 0.1) is 11.3 Å². The van der Waals surface area contributed by atoms with Crippen LogP contribution in [-0.4, -0.2) is 27.2 Å². The van der Waals surface area contributed by atoms with Crippen LogP contribution in [0.5, 0.6) is 0 Å². The summed E-state index contributed by atoms with van der Waals surface area (Å²) >= 11 is 0. The van der Waals surface area contributed by atoms with Crippen molar-refractivity contribution in [3.63, 3.8) is 0 Å². The van der Waals surface area contributed by atoms with E-state index in [2.05, 4.69) is 56.2 Å². The van der Waals surface area contributed by atoms with Gasteiger partial charge < -0.3 is 4.90 Å². The molecule has 4 nitrogen and oxygen atoms in total. The van der Waals surface area contributed by atoms with E-state index in [-0.39, 0.29) is 0 Å². The third kappa shape index (κ3) is 2.87. The highest BCUT2D eigenvalue weighted by molar-refractivity contribution is 5.85. The van der Waals surface area contributed by atoms with Crippen molar-refractivity contribution >= 4 is 11.5 Å². The van der Waals surface area contributed by atoms with Gasteiger partial charge in [-0.3, -0.25) is 0 Å². The summed E-state index contributed by atoms with van der Waals surface area (Å²) in [6.07, 6.45) is 7.82. The van der Waals surface area contributed by atoms with Crippen LogP contribution < -0.4 is 4.90 Å². The normalized spacial score (nSPS) is 17.3. The largest absolute Gasteiger partial charge is 0.353 e. The standard InChI is InChI=1S/C25H32N4/c1-15-13-16(2)22(17(3)14-15)23-19(5)27-29-24(23)26-18(4)21-11-12-28(25(21)29)20-9-7-6-8-10-20/h13-14,20H,6-12H2,1-5H3. The summed E-state index contributed by atoms with van der Waals surface area (Å²) in [5.74, 6) is 1.32. The first kappa shape index (κ1) is 18.7. The van der Waals surface area contributed by atoms with Crippen molar-refractivity contribution in [2.45, 2.75) is 79.2 Å². The van der Waals surface area contributed by atoms with Crippen LogP contribution in [0.4, 0.5) is 5.82 Å². The summed E-state index contributed by atoms with van der Waals surface area (Å²) in [4.78, 5) is 7.76. The molecule has 0 atom stereocenters. The van der Waals surface area contributed by atoms with Gasteiger partial charge in [-0.1, -0.05) is 37.0 Å². The number of fused-ring (bicyclic) bond motifs is 3. The number of hydrogen-bond acceptors (Lipinski definition) is 3. The Labute approximate surface area is 174 Å². The number of nitrogens with zero attached hydrogens (tertiary/aromatic N) is 4. The molecule has 1 fully saturated rings. The number of aryl methyl sites for hydroxylation is 5. The first-order chi connectivity index (χ1) is 14.0. The summed E-state index contributed by atoms with van der Waals surface area (Å²) in [5.41, 5.74) is 11.1. The first-order valence-electron chi connectivity index (χ1n) is 11.2. The Morgan fingerprint density at radius 1 is 0.862 bits per heavy atom. The molecule has 0 saturated heterocycles. The van der Waals surface area contributed by atoms with Crippen molar-refractivity contribution in [1.82, 2.24) is 14.6 Å². The topological polar surface area (TPSA) is 33.4 Å². The quantitative estimate of drug-likeness (QED) is 0.570. The number of rotatable bonds is 2. The number of hydrogen-bond donors (Lipinski definition) is 0. The highest BCUT2D eigenvalue weighted by atomic mass is 15.4. The Kier molecular flexibility index (Phi) is 4.41. The van der Waals surface area contributed by atoms with Crippen LogP contribution in [0, 0.1) is 34.6 Å². The molecule has 0 N–H and O–H groups in total. The van der Waals surface area contributed by atoms with Crippen molar-refractivity contribution in [2.75, 3.05) is 11.4 Å². The van der Waals surface area contributed by atoms with Crippen LogP contribution >= 0.6 is 0 Å². The lowest BCUT2D eigenvalue weighted by Crippen LogP contribution is -2.36. The monoisotopic (exact) mass is 388 g/mol. The molecule has 0 bridgehead atoms. The van der Waals surface area contributed by atoms with Gasteiger partial charge in [0, 0.05) is 23.8 Å². The van der Waals surface area contributed by atoms with E-state index >= 15 is 0 Å². The van der Waals surface area contributed by atoms with Crippen molar-refractivity contribution in [3.8, 4) is 11.1 Å². The van der Waals surface area contributed by atoms with Crippen molar-refractivity contribution in [1.29, 1.82) is 0 Å². The summed E-state index contributed by atoms with van der Waals surface area (Å²) < 4.78 is 2.17. The van der Waals surface area contributed by atoms with Gasteiger partial charge in [0.2, 0.25) is 0 Å². The van der Waals surface area contributed by atoms with Gasteiger partial charge in [-0.25, -0.2) is 4.98 Å². The number of aromatic nitrogens is 3. The molecule has 29 heavy (non-hydrogen) atoms. The highest BCUT2D eigenvalue weighted by Crippen LogP contribution is 2.40. The molecule has 1 aliphatic carbocycles. The smallest absolute Gasteiger partial charge is 0.165 e. The molecule has 0 unspecified atom stereocenters. The third-order valence-electron chi connectivity index (χ3n) is 7.03. The molecular weight excluding hydrogens is 356 g/mol. The Morgan fingerprint density at radius 3 is 2.24 bits per heavy atom. The van der Waals surface area contributed by atoms with Gasteiger partial charge in [-0.2, -0.15) is 9.61 Å². The van der Waals surface area contributed by atoms with E-state index in [9.17, 15) is 0 Å². The van der Waals surface area contributed by atoms with Crippen LogP contribution in [0.25, 0.3) is 16.8 Å². The molecule has 5 rings (SSSR count). The van der Waals surface area contributed by atoms with E-state index in [0.717, 1.165) is 24.3 Å². The van der Waals surface area contributed by atoms with E-state index in [1.807, 2.05) is 0 Å². The minimum Gasteiger partial charge on any atom is -0.353 e. The molecule has 0 spiro atoms. The maximum absolute atomic E-state index is 5.10. The summed E-state index contributed by atoms with van der Waals surface area (Å²) in [6.45, 7) is 12.0. The fourth-order valence-electron chi connectivity index (χ4n) is 5.82. The van der Waals surface area contributed by atoms with Crippen LogP contribution in [0.3, 0.4) is 0 Å². The maximum Gasteiger partial charge on any atom is 0.165 e. The van der Waals surface area contributed by atoms with Crippen LogP contribution in [0.1, 0.15) is 65.7 Å². The molecule has 4 heteroatoms. The zero-order valence-corrected chi connectivity index (χ0v) is 18.5. The predicted molar refractivity (Wildman–Crippen MR) is 120 cm³/mol. The Bertz CT molecular complexity index is 1080. The average Bonchev–Trinajstić information content (AvgIpc) is 3.25. The number of benzene rings is 1. The molecule has 2 aliphatic rings. The molecule has 0 radical (unpaired) electrons. The lowest BCUT2D eigenvalue weighted by Gasteiger charge is -2.33. The second kappa shape index (κ2) is 6.86. The van der Waals surface area contributed by atoms with E-state index in [1.54, 1.807) is 0 Å². The van der Waals surface area contributed by atoms with Gasteiger partial charge in [-0.05, 0) is 70.6 Å². The number of anilines is 1. The molecule has 1 aromatic carbocycles. The minimum absolute atomic E-state index is 0.658. The van der Waals surface area contributed by atoms with Gasteiger partial charge in [0.25, 0.3) is 0 Å². The first-order valence-corrected chi connectivity index (χ1v) is 11.2. The zero-order chi connectivity index (χ0) is 20.3. The summed E-state index contributed by atoms with van der Waals surface area (Å²) in [5, 5.41) is 5.06. The molecule has 1 aliphatic heterocycles. The molecule has 3 heterocycles. The van der Waals surface area contributed by atoms with Gasteiger partial charge >= 0.3 is 0 Å². The molecule has 152 valence electrons. The van der Waals surface area contributed by atoms with Crippen LogP contribution in [0.2, 0.25) is 0 Å². The van der Waals surface area contributed by atoms with E-state index in [1.165, 1.54) is 77.0 Å². The minimum atomic E-state index is 0.658. The highest BCUT2D eigenvalue weighted by Gasteiger charge is 2.33. The second-order valence-electron chi connectivity index (χ2n) is 9.20. The fourth-order valence-corrected chi connectivity index (χ4v) is 5.82. The van der Waals surface area contributed by atoms with E-state index < -0.39 is 0 Å². The third-order valence-corrected chi connectivity index (χ3v) is 7.03. The lowest BCUT2D eigenvalue weighted by atomic mass is 9.94. The molecule has 2 aromatic heterocycles. The Morgan fingerprint density at radius 2 is 1.55 bits per heavy atom. The van der Waals surface area contributed by atoms with Gasteiger partial charge in [0.1, 0.15) is 5.82 Å². The van der Waals surface area contributed by atoms with Gasteiger partial charge in [-0.15, -0.1) is 0 Å². The SMILES string of the molecule is Cc1cc(C)c(-c2c(C)nn3c4c(c(C)nc23)CCN4C2CCCCC2)c(C)c1. The Balaban J connectivity index is 1.74. The average molecular weight is 389 g/mol. The molecule has 3 aromatic rings. The van der Waals surface area contributed by atoms with Gasteiger partial charge in [0.15, 0.2) is 5.65 Å². The van der Waals surface area contributed by atoms with Crippen LogP contribution in [-0.2, 0) is 6.42 Å². The molecule has 0 amide bonds. The van der Waals surface area contributed by atoms with E-state index in [0.29, 0.717) is 6.04 Å². The predicted octanol–water partition coefficient (Wildman–Crippen LogP) is 5.63. The van der Waals surface area contributed by atoms with Crippen molar-refractivity contribution < 1.29 is 0 Å². The maximum atomic E-state index is 5.10. The Hall–Kier alpha value is -2.36. The zero-order valence-electron chi connectivity index (χ0n) is 18.5. The summed E-state index contributed by atoms with van der Waals surface area (Å²) in [7, 11) is 0. The fraction of sp³-hybridized carbons (Fsp3) is 0.520. The van der Waals surface area contributed by atoms with Crippen LogP contribution in [0.15, 0.2) is 12.1 Å². The second-order valence-corrected chi connectivity index (χ2v) is 9.20. The molecule has 1 saturated carbocycles. The lowest BCUT2D eigenvalue weighted by molar-refractivity contribution is 0.417.